The van der Waals surface area contributed by atoms with Crippen molar-refractivity contribution in [3.8, 4) is 0 Å². The average molecular weight is 1260 g/mol. The largest absolute Gasteiger partial charge is 0.466 e. The van der Waals surface area contributed by atoms with E-state index in [1.807, 2.05) is 6.08 Å². The van der Waals surface area contributed by atoms with E-state index in [0.717, 1.165) is 57.8 Å². The molecular weight excluding hydrogens is 1110 g/mol. The summed E-state index contributed by atoms with van der Waals surface area (Å²) in [5.41, 5.74) is 0. The number of carbonyl (C=O) groups excluding carboxylic acids is 2. The van der Waals surface area contributed by atoms with Gasteiger partial charge in [0.2, 0.25) is 5.91 Å². The van der Waals surface area contributed by atoms with Crippen LogP contribution >= 0.6 is 0 Å². The molecule has 0 bridgehead atoms. The molecule has 0 aromatic rings. The number of allylic oxidation sites excluding steroid dienone is 3. The Hall–Kier alpha value is -1.86. The molecule has 11 nitrogen and oxygen atoms in total. The van der Waals surface area contributed by atoms with Crippen LogP contribution in [0.1, 0.15) is 399 Å². The van der Waals surface area contributed by atoms with Crippen molar-refractivity contribution in [2.24, 2.45) is 0 Å². The van der Waals surface area contributed by atoms with E-state index < -0.39 is 49.5 Å². The maximum absolute atomic E-state index is 13.0. The van der Waals surface area contributed by atoms with E-state index in [0.29, 0.717) is 19.4 Å². The van der Waals surface area contributed by atoms with Gasteiger partial charge in [0.05, 0.1) is 32.0 Å². The summed E-state index contributed by atoms with van der Waals surface area (Å²) in [5, 5.41) is 54.4. The molecule has 0 aliphatic carbocycles. The molecule has 526 valence electrons. The van der Waals surface area contributed by atoms with Crippen LogP contribution in [0.25, 0.3) is 0 Å². The molecule has 0 aromatic heterocycles. The van der Waals surface area contributed by atoms with E-state index >= 15 is 0 Å². The number of esters is 1. The molecule has 7 atom stereocenters. The zero-order valence-electron chi connectivity index (χ0n) is 58.7. The van der Waals surface area contributed by atoms with Crippen LogP contribution in [0.4, 0.5) is 0 Å². The highest BCUT2D eigenvalue weighted by Gasteiger charge is 2.44. The zero-order valence-corrected chi connectivity index (χ0v) is 58.7. The fraction of sp³-hybridized carbons (Fsp3) is 0.923. The lowest BCUT2D eigenvalue weighted by Crippen LogP contribution is -2.60. The van der Waals surface area contributed by atoms with Gasteiger partial charge in [0.15, 0.2) is 6.29 Å². The Labute approximate surface area is 550 Å². The molecular formula is C78H149NO10. The number of hydrogen-bond donors (Lipinski definition) is 6. The number of ether oxygens (including phenoxy) is 3. The van der Waals surface area contributed by atoms with Crippen molar-refractivity contribution >= 4 is 11.9 Å². The lowest BCUT2D eigenvalue weighted by Gasteiger charge is -2.40. The van der Waals surface area contributed by atoms with Crippen molar-refractivity contribution in [3.63, 3.8) is 0 Å². The van der Waals surface area contributed by atoms with Gasteiger partial charge in [-0.05, 0) is 57.8 Å². The van der Waals surface area contributed by atoms with E-state index in [1.54, 1.807) is 6.08 Å². The topological polar surface area (TPSA) is 175 Å². The van der Waals surface area contributed by atoms with Gasteiger partial charge in [-0.3, -0.25) is 9.59 Å². The van der Waals surface area contributed by atoms with Gasteiger partial charge in [0, 0.05) is 12.8 Å². The third kappa shape index (κ3) is 56.2. The third-order valence-corrected chi connectivity index (χ3v) is 18.8. The summed E-state index contributed by atoms with van der Waals surface area (Å²) in [6, 6.07) is -0.804. The molecule has 0 aromatic carbocycles. The molecule has 7 unspecified atom stereocenters. The van der Waals surface area contributed by atoms with Crippen LogP contribution < -0.4 is 5.32 Å². The Morgan fingerprint density at radius 1 is 0.404 bits per heavy atom. The number of aliphatic hydroxyl groups is 5. The molecule has 1 heterocycles. The van der Waals surface area contributed by atoms with Crippen LogP contribution in [0.5, 0.6) is 0 Å². The second kappa shape index (κ2) is 67.6. The fourth-order valence-corrected chi connectivity index (χ4v) is 12.7. The summed E-state index contributed by atoms with van der Waals surface area (Å²) in [6.45, 7) is 4.37. The van der Waals surface area contributed by atoms with E-state index in [-0.39, 0.29) is 18.5 Å². The SMILES string of the molecule is CCCCCCCCC/C=C\CCCCCCCC(=O)OCCCCCCCCCCCCCCCCCCCCCCCCCCCCCCCCCCCCCC(=O)NC(COC1OC(CO)C(O)C(O)C1O)C(O)/C=C/CCCCCCCCCC. The first-order valence-electron chi connectivity index (χ1n) is 39.1. The normalized spacial score (nSPS) is 17.8. The lowest BCUT2D eigenvalue weighted by atomic mass is 9.99. The molecule has 1 fully saturated rings. The Kier molecular flexibility index (Phi) is 64.6. The molecule has 1 amide bonds. The fourth-order valence-electron chi connectivity index (χ4n) is 12.7. The Balaban J connectivity index is 1.86. The monoisotopic (exact) mass is 1260 g/mol. The van der Waals surface area contributed by atoms with Crippen molar-refractivity contribution in [1.82, 2.24) is 5.32 Å². The van der Waals surface area contributed by atoms with E-state index in [2.05, 4.69) is 31.3 Å². The Morgan fingerprint density at radius 3 is 1.08 bits per heavy atom. The molecule has 1 aliphatic heterocycles. The first kappa shape index (κ1) is 85.2. The number of hydrogen-bond acceptors (Lipinski definition) is 10. The van der Waals surface area contributed by atoms with Gasteiger partial charge in [-0.1, -0.05) is 353 Å². The zero-order chi connectivity index (χ0) is 64.4. The summed E-state index contributed by atoms with van der Waals surface area (Å²) >= 11 is 0. The second-order valence-electron chi connectivity index (χ2n) is 27.4. The molecule has 6 N–H and O–H groups in total. The van der Waals surface area contributed by atoms with Gasteiger partial charge in [0.1, 0.15) is 24.4 Å². The van der Waals surface area contributed by atoms with Crippen molar-refractivity contribution in [3.05, 3.63) is 24.3 Å². The number of unbranched alkanes of at least 4 members (excludes halogenated alkanes) is 54. The summed E-state index contributed by atoms with van der Waals surface area (Å²) in [6.07, 6.45) is 76.5. The summed E-state index contributed by atoms with van der Waals surface area (Å²) in [4.78, 5) is 25.1. The molecule has 0 spiro atoms. The maximum atomic E-state index is 13.0. The van der Waals surface area contributed by atoms with Crippen LogP contribution in [-0.4, -0.2) is 100 Å². The molecule has 0 radical (unpaired) electrons. The van der Waals surface area contributed by atoms with Crippen LogP contribution in [-0.2, 0) is 23.8 Å². The number of aliphatic hydroxyl groups excluding tert-OH is 5. The number of carbonyl (C=O) groups is 2. The minimum atomic E-state index is -1.57. The van der Waals surface area contributed by atoms with Crippen LogP contribution in [0, 0.1) is 0 Å². The van der Waals surface area contributed by atoms with Crippen LogP contribution in [0.3, 0.4) is 0 Å². The van der Waals surface area contributed by atoms with E-state index in [9.17, 15) is 35.1 Å². The van der Waals surface area contributed by atoms with Gasteiger partial charge >= 0.3 is 5.97 Å². The van der Waals surface area contributed by atoms with Crippen molar-refractivity contribution < 1.29 is 49.3 Å². The van der Waals surface area contributed by atoms with Gasteiger partial charge in [0.25, 0.3) is 0 Å². The van der Waals surface area contributed by atoms with Crippen LogP contribution in [0.2, 0.25) is 0 Å². The van der Waals surface area contributed by atoms with Crippen LogP contribution in [0.15, 0.2) is 24.3 Å². The lowest BCUT2D eigenvalue weighted by molar-refractivity contribution is -0.302. The Morgan fingerprint density at radius 2 is 0.719 bits per heavy atom. The summed E-state index contributed by atoms with van der Waals surface area (Å²) < 4.78 is 16.8. The summed E-state index contributed by atoms with van der Waals surface area (Å²) in [7, 11) is 0. The average Bonchev–Trinajstić information content (AvgIpc) is 1.94. The smallest absolute Gasteiger partial charge is 0.305 e. The van der Waals surface area contributed by atoms with Gasteiger partial charge < -0.3 is 45.1 Å². The van der Waals surface area contributed by atoms with E-state index in [1.165, 1.54) is 315 Å². The van der Waals surface area contributed by atoms with Gasteiger partial charge in [-0.2, -0.15) is 0 Å². The van der Waals surface area contributed by atoms with Crippen molar-refractivity contribution in [2.75, 3.05) is 19.8 Å². The highest BCUT2D eigenvalue weighted by molar-refractivity contribution is 5.76. The quantitative estimate of drug-likeness (QED) is 0.0195. The molecule has 11 heteroatoms. The van der Waals surface area contributed by atoms with Crippen molar-refractivity contribution in [1.29, 1.82) is 0 Å². The third-order valence-electron chi connectivity index (χ3n) is 18.8. The van der Waals surface area contributed by atoms with Gasteiger partial charge in [-0.15, -0.1) is 0 Å². The Bertz CT molecular complexity index is 1530. The standard InChI is InChI=1S/C78H149NO10/c1-3-5-7-9-11-13-15-16-17-40-43-46-50-54-58-62-66-74(83)87-67-63-59-55-51-47-44-41-38-36-34-32-30-28-26-24-22-20-18-19-21-23-25-27-29-31-33-35-37-39-42-45-49-53-57-61-65-73(82)79-70(69-88-78-77(86)76(85)75(84)72(68-80)89-78)71(81)64-60-56-52-48-14-12-10-8-6-4-2/h17,40,60,64,70-72,75-78,80-81,84-86H,3-16,18-39,41-59,61-63,65-69H2,1-2H3,(H,79,82)/b40-17-,64-60+. The van der Waals surface area contributed by atoms with Gasteiger partial charge in [-0.25, -0.2) is 0 Å². The molecule has 1 saturated heterocycles. The minimum absolute atomic E-state index is 0.00928. The molecule has 89 heavy (non-hydrogen) atoms. The summed E-state index contributed by atoms with van der Waals surface area (Å²) in [5.74, 6) is -0.166. The highest BCUT2D eigenvalue weighted by Crippen LogP contribution is 2.24. The minimum Gasteiger partial charge on any atom is -0.466 e. The predicted molar refractivity (Wildman–Crippen MR) is 375 cm³/mol. The second-order valence-corrected chi connectivity index (χ2v) is 27.4. The molecule has 0 saturated carbocycles. The number of rotatable bonds is 70. The predicted octanol–water partition coefficient (Wildman–Crippen LogP) is 20.8. The highest BCUT2D eigenvalue weighted by atomic mass is 16.7. The number of amides is 1. The maximum Gasteiger partial charge on any atom is 0.305 e. The van der Waals surface area contributed by atoms with Crippen molar-refractivity contribution in [2.45, 2.75) is 442 Å². The first-order valence-corrected chi connectivity index (χ1v) is 39.1. The first-order chi connectivity index (χ1) is 43.7. The number of nitrogens with one attached hydrogen (secondary N) is 1. The molecule has 1 rings (SSSR count). The van der Waals surface area contributed by atoms with E-state index in [4.69, 9.17) is 14.2 Å². The molecule has 1 aliphatic rings.